The molecule has 4 nitrogen and oxygen atoms in total. The number of rotatable bonds is 8. The van der Waals surface area contributed by atoms with Gasteiger partial charge in [-0.05, 0) is 37.0 Å². The second-order valence-corrected chi connectivity index (χ2v) is 7.11. The van der Waals surface area contributed by atoms with Crippen LogP contribution in [-0.4, -0.2) is 21.6 Å². The van der Waals surface area contributed by atoms with Crippen molar-refractivity contribution in [2.75, 3.05) is 22.6 Å². The van der Waals surface area contributed by atoms with Crippen molar-refractivity contribution in [1.82, 2.24) is 0 Å². The number of halogens is 1. The first-order valence-electron chi connectivity index (χ1n) is 7.08. The molecule has 0 radical (unpaired) electrons. The van der Waals surface area contributed by atoms with E-state index in [4.69, 9.17) is 5.73 Å². The van der Waals surface area contributed by atoms with Gasteiger partial charge < -0.3 is 11.1 Å². The van der Waals surface area contributed by atoms with Crippen LogP contribution in [0.3, 0.4) is 0 Å². The van der Waals surface area contributed by atoms with Crippen LogP contribution >= 0.6 is 0 Å². The average molecular weight is 314 g/mol. The van der Waals surface area contributed by atoms with Gasteiger partial charge in [0.1, 0.15) is 5.82 Å². The number of anilines is 2. The van der Waals surface area contributed by atoms with Crippen molar-refractivity contribution in [1.29, 1.82) is 0 Å². The minimum absolute atomic E-state index is 0.198. The van der Waals surface area contributed by atoms with Crippen LogP contribution in [0.15, 0.2) is 18.2 Å². The molecule has 1 amide bonds. The highest BCUT2D eigenvalue weighted by Gasteiger charge is 2.08. The summed E-state index contributed by atoms with van der Waals surface area (Å²) in [5, 5.41) is 2.63. The molecular formula is C15H23FN2O2S. The zero-order valence-electron chi connectivity index (χ0n) is 12.5. The summed E-state index contributed by atoms with van der Waals surface area (Å²) in [6.07, 6.45) is 1.78. The molecule has 0 fully saturated rings. The lowest BCUT2D eigenvalue weighted by Crippen LogP contribution is -2.14. The molecule has 0 aromatic heterocycles. The minimum Gasteiger partial charge on any atom is -0.397 e. The van der Waals surface area contributed by atoms with Gasteiger partial charge in [-0.3, -0.25) is 9.00 Å². The molecule has 0 aliphatic carbocycles. The lowest BCUT2D eigenvalue weighted by molar-refractivity contribution is -0.116. The van der Waals surface area contributed by atoms with Crippen molar-refractivity contribution in [2.45, 2.75) is 33.1 Å². The van der Waals surface area contributed by atoms with E-state index in [0.717, 1.165) is 12.5 Å². The molecule has 0 bridgehead atoms. The largest absolute Gasteiger partial charge is 0.397 e. The van der Waals surface area contributed by atoms with Gasteiger partial charge in [0.15, 0.2) is 0 Å². The maximum Gasteiger partial charge on any atom is 0.224 e. The Bertz CT molecular complexity index is 506. The summed E-state index contributed by atoms with van der Waals surface area (Å²) in [5.41, 5.74) is 6.21. The standard InChI is InChI=1S/C15H23FN2O2S/c1-11(2)7-9-21(20)8-3-4-15(19)18-14-6-5-12(16)10-13(14)17/h5-6,10-11H,3-4,7-9,17H2,1-2H3,(H,18,19). The maximum absolute atomic E-state index is 12.9. The summed E-state index contributed by atoms with van der Waals surface area (Å²) in [5.74, 6) is 1.11. The van der Waals surface area contributed by atoms with E-state index in [9.17, 15) is 13.4 Å². The van der Waals surface area contributed by atoms with Crippen molar-refractivity contribution in [2.24, 2.45) is 5.92 Å². The molecule has 21 heavy (non-hydrogen) atoms. The number of benzene rings is 1. The number of carbonyl (C=O) groups is 1. The topological polar surface area (TPSA) is 72.2 Å². The van der Waals surface area contributed by atoms with Gasteiger partial charge in [-0.25, -0.2) is 4.39 Å². The first-order chi connectivity index (χ1) is 9.88. The summed E-state index contributed by atoms with van der Waals surface area (Å²) in [6, 6.07) is 3.84. The van der Waals surface area contributed by atoms with Crippen LogP contribution in [-0.2, 0) is 15.6 Å². The second kappa shape index (κ2) is 8.77. The van der Waals surface area contributed by atoms with Crippen molar-refractivity contribution in [3.05, 3.63) is 24.0 Å². The van der Waals surface area contributed by atoms with Gasteiger partial charge in [0.2, 0.25) is 5.91 Å². The third kappa shape index (κ3) is 7.22. The first kappa shape index (κ1) is 17.6. The van der Waals surface area contributed by atoms with Gasteiger partial charge in [0.25, 0.3) is 0 Å². The van der Waals surface area contributed by atoms with Gasteiger partial charge >= 0.3 is 0 Å². The highest BCUT2D eigenvalue weighted by atomic mass is 32.2. The third-order valence-electron chi connectivity index (χ3n) is 2.99. The number of carbonyl (C=O) groups excluding carboxylic acids is 1. The van der Waals surface area contributed by atoms with Crippen LogP contribution in [0.4, 0.5) is 15.8 Å². The van der Waals surface area contributed by atoms with E-state index in [0.29, 0.717) is 29.5 Å². The number of hydrogen-bond acceptors (Lipinski definition) is 3. The number of hydrogen-bond donors (Lipinski definition) is 2. The zero-order valence-corrected chi connectivity index (χ0v) is 13.3. The summed E-state index contributed by atoms with van der Waals surface area (Å²) < 4.78 is 24.6. The molecule has 0 heterocycles. The molecule has 1 rings (SSSR count). The van der Waals surface area contributed by atoms with Crippen molar-refractivity contribution in [3.63, 3.8) is 0 Å². The van der Waals surface area contributed by atoms with Crippen LogP contribution < -0.4 is 11.1 Å². The Morgan fingerprint density at radius 1 is 1.38 bits per heavy atom. The van der Waals surface area contributed by atoms with Crippen molar-refractivity contribution in [3.8, 4) is 0 Å². The Kier molecular flexibility index (Phi) is 7.36. The summed E-state index contributed by atoms with van der Waals surface area (Å²) in [4.78, 5) is 11.7. The quantitative estimate of drug-likeness (QED) is 0.725. The molecule has 1 unspecified atom stereocenters. The predicted molar refractivity (Wildman–Crippen MR) is 86.0 cm³/mol. The fraction of sp³-hybridized carbons (Fsp3) is 0.533. The van der Waals surface area contributed by atoms with Gasteiger partial charge in [-0.15, -0.1) is 0 Å². The molecule has 0 aliphatic rings. The Morgan fingerprint density at radius 2 is 2.10 bits per heavy atom. The molecule has 6 heteroatoms. The van der Waals surface area contributed by atoms with Gasteiger partial charge in [-0.1, -0.05) is 13.8 Å². The fourth-order valence-corrected chi connectivity index (χ4v) is 3.13. The normalized spacial score (nSPS) is 12.4. The van der Waals surface area contributed by atoms with E-state index in [-0.39, 0.29) is 18.0 Å². The zero-order chi connectivity index (χ0) is 15.8. The Morgan fingerprint density at radius 3 is 2.71 bits per heavy atom. The minimum atomic E-state index is -0.865. The number of nitrogens with one attached hydrogen (secondary N) is 1. The van der Waals surface area contributed by atoms with E-state index in [1.54, 1.807) is 0 Å². The molecule has 0 saturated heterocycles. The molecule has 1 aromatic rings. The highest BCUT2D eigenvalue weighted by molar-refractivity contribution is 7.84. The van der Waals surface area contributed by atoms with E-state index in [2.05, 4.69) is 19.2 Å². The number of amides is 1. The number of nitrogen functional groups attached to an aromatic ring is 1. The SMILES string of the molecule is CC(C)CCS(=O)CCCC(=O)Nc1ccc(F)cc1N. The van der Waals surface area contributed by atoms with E-state index in [1.807, 2.05) is 0 Å². The van der Waals surface area contributed by atoms with Gasteiger partial charge in [0.05, 0.1) is 11.4 Å². The van der Waals surface area contributed by atoms with Crippen LogP contribution in [0.1, 0.15) is 33.1 Å². The summed E-state index contributed by atoms with van der Waals surface area (Å²) in [7, 11) is -0.865. The monoisotopic (exact) mass is 314 g/mol. The van der Waals surface area contributed by atoms with E-state index >= 15 is 0 Å². The molecule has 0 saturated carbocycles. The van der Waals surface area contributed by atoms with Gasteiger partial charge in [-0.2, -0.15) is 0 Å². The third-order valence-corrected chi connectivity index (χ3v) is 4.42. The molecule has 1 aromatic carbocycles. The van der Waals surface area contributed by atoms with Gasteiger partial charge in [0, 0.05) is 28.7 Å². The Balaban J connectivity index is 2.29. The predicted octanol–water partition coefficient (Wildman–Crippen LogP) is 2.92. The smallest absolute Gasteiger partial charge is 0.224 e. The van der Waals surface area contributed by atoms with Crippen LogP contribution in [0.2, 0.25) is 0 Å². The first-order valence-corrected chi connectivity index (χ1v) is 8.57. The maximum atomic E-state index is 12.9. The van der Waals surface area contributed by atoms with Crippen molar-refractivity contribution < 1.29 is 13.4 Å². The lowest BCUT2D eigenvalue weighted by atomic mass is 10.2. The molecule has 1 atom stereocenters. The molecule has 0 spiro atoms. The Hall–Kier alpha value is -1.43. The average Bonchev–Trinajstić information content (AvgIpc) is 2.39. The molecule has 118 valence electrons. The highest BCUT2D eigenvalue weighted by Crippen LogP contribution is 2.19. The molecule has 0 aliphatic heterocycles. The second-order valence-electron chi connectivity index (χ2n) is 5.41. The lowest BCUT2D eigenvalue weighted by Gasteiger charge is -2.08. The molecule has 3 N–H and O–H groups in total. The van der Waals surface area contributed by atoms with Crippen LogP contribution in [0.5, 0.6) is 0 Å². The van der Waals surface area contributed by atoms with E-state index in [1.165, 1.54) is 12.1 Å². The van der Waals surface area contributed by atoms with E-state index < -0.39 is 16.6 Å². The van der Waals surface area contributed by atoms with Crippen LogP contribution in [0.25, 0.3) is 0 Å². The summed E-state index contributed by atoms with van der Waals surface area (Å²) in [6.45, 7) is 4.19. The van der Waals surface area contributed by atoms with Crippen LogP contribution in [0, 0.1) is 11.7 Å². The van der Waals surface area contributed by atoms with Crippen molar-refractivity contribution >= 4 is 28.1 Å². The number of nitrogens with two attached hydrogens (primary N) is 1. The molecular weight excluding hydrogens is 291 g/mol. The summed E-state index contributed by atoms with van der Waals surface area (Å²) >= 11 is 0. The fourth-order valence-electron chi connectivity index (χ4n) is 1.72. The Labute approximate surface area is 127 Å².